The normalized spacial score (nSPS) is 12.5. The van der Waals surface area contributed by atoms with Crippen LogP contribution in [0.5, 0.6) is 0 Å². The van der Waals surface area contributed by atoms with Crippen molar-refractivity contribution in [3.63, 3.8) is 0 Å². The molecule has 1 amide bonds. The quantitative estimate of drug-likeness (QED) is 0.882. The smallest absolute Gasteiger partial charge is 0.287 e. The van der Waals surface area contributed by atoms with Crippen LogP contribution in [-0.2, 0) is 0 Å². The van der Waals surface area contributed by atoms with Gasteiger partial charge in [-0.05, 0) is 35.3 Å². The van der Waals surface area contributed by atoms with E-state index in [9.17, 15) is 4.79 Å². The number of aliphatic hydroxyl groups excluding tert-OH is 1. The van der Waals surface area contributed by atoms with Gasteiger partial charge in [-0.15, -0.1) is 0 Å². The Morgan fingerprint density at radius 3 is 2.80 bits per heavy atom. The van der Waals surface area contributed by atoms with Crippen molar-refractivity contribution in [3.8, 4) is 0 Å². The molecule has 2 N–H and O–H groups in total. The zero-order valence-electron chi connectivity index (χ0n) is 8.71. The lowest BCUT2D eigenvalue weighted by molar-refractivity contribution is 0.0884. The summed E-state index contributed by atoms with van der Waals surface area (Å²) in [4.78, 5) is 11.7. The van der Waals surface area contributed by atoms with Crippen LogP contribution in [-0.4, -0.2) is 23.7 Å². The first-order valence-corrected chi connectivity index (χ1v) is 5.55. The number of rotatable bonds is 4. The highest BCUT2D eigenvalue weighted by Crippen LogP contribution is 2.19. The molecule has 1 atom stereocenters. The number of aryl methyl sites for hydroxylation is 1. The van der Waals surface area contributed by atoms with E-state index in [4.69, 9.17) is 9.52 Å². The van der Waals surface area contributed by atoms with Gasteiger partial charge in [-0.25, -0.2) is 0 Å². The minimum atomic E-state index is -0.292. The molecule has 1 aromatic heterocycles. The minimum absolute atomic E-state index is 0.0663. The second-order valence-corrected chi connectivity index (χ2v) is 4.11. The van der Waals surface area contributed by atoms with E-state index in [-0.39, 0.29) is 24.3 Å². The number of carbonyl (C=O) groups excluding carboxylic acids is 1. The fourth-order valence-electron chi connectivity index (χ4n) is 1.20. The molecule has 15 heavy (non-hydrogen) atoms. The lowest BCUT2D eigenvalue weighted by atomic mass is 10.2. The van der Waals surface area contributed by atoms with Crippen LogP contribution in [0, 0.1) is 6.92 Å². The average molecular weight is 276 g/mol. The molecule has 0 aliphatic carbocycles. The maximum atomic E-state index is 11.7. The SMILES string of the molecule is CCC(CO)NC(=O)c1oc(Br)cc1C. The topological polar surface area (TPSA) is 62.5 Å². The second-order valence-electron chi connectivity index (χ2n) is 3.32. The monoisotopic (exact) mass is 275 g/mol. The molecule has 0 fully saturated rings. The summed E-state index contributed by atoms with van der Waals surface area (Å²) in [5.74, 6) is -0.00660. The predicted octanol–water partition coefficient (Wildman–Crippen LogP) is 1.85. The van der Waals surface area contributed by atoms with Crippen molar-refractivity contribution in [2.75, 3.05) is 6.61 Å². The Hall–Kier alpha value is -0.810. The van der Waals surface area contributed by atoms with Gasteiger partial charge in [0.15, 0.2) is 10.4 Å². The first-order chi connectivity index (χ1) is 7.08. The van der Waals surface area contributed by atoms with Crippen molar-refractivity contribution in [2.24, 2.45) is 0 Å². The number of amides is 1. The van der Waals surface area contributed by atoms with Crippen LogP contribution >= 0.6 is 15.9 Å². The Kier molecular flexibility index (Phi) is 4.35. The molecule has 1 unspecified atom stereocenters. The van der Waals surface area contributed by atoms with Crippen molar-refractivity contribution in [1.82, 2.24) is 5.32 Å². The molecule has 1 heterocycles. The maximum absolute atomic E-state index is 11.7. The van der Waals surface area contributed by atoms with Crippen LogP contribution in [0.25, 0.3) is 0 Å². The molecule has 0 aliphatic rings. The third-order valence-corrected chi connectivity index (χ3v) is 2.53. The summed E-state index contributed by atoms with van der Waals surface area (Å²) in [7, 11) is 0. The lowest BCUT2D eigenvalue weighted by Gasteiger charge is -2.12. The first-order valence-electron chi connectivity index (χ1n) is 4.76. The number of hydrogen-bond donors (Lipinski definition) is 2. The molecule has 0 aliphatic heterocycles. The number of carbonyl (C=O) groups is 1. The van der Waals surface area contributed by atoms with Gasteiger partial charge in [0.25, 0.3) is 5.91 Å². The zero-order valence-corrected chi connectivity index (χ0v) is 10.3. The summed E-state index contributed by atoms with van der Waals surface area (Å²) in [6.07, 6.45) is 0.684. The summed E-state index contributed by atoms with van der Waals surface area (Å²) in [5.41, 5.74) is 0.771. The standard InChI is InChI=1S/C10H14BrNO3/c1-3-7(5-13)12-10(14)9-6(2)4-8(11)15-9/h4,7,13H,3,5H2,1-2H3,(H,12,14). The molecule has 0 aromatic carbocycles. The molecule has 0 radical (unpaired) electrons. The highest BCUT2D eigenvalue weighted by molar-refractivity contribution is 9.10. The van der Waals surface area contributed by atoms with Gasteiger partial charge < -0.3 is 14.8 Å². The Morgan fingerprint density at radius 1 is 1.73 bits per heavy atom. The van der Waals surface area contributed by atoms with E-state index >= 15 is 0 Å². The second kappa shape index (κ2) is 5.32. The van der Waals surface area contributed by atoms with Crippen LogP contribution in [0.4, 0.5) is 0 Å². The highest BCUT2D eigenvalue weighted by atomic mass is 79.9. The van der Waals surface area contributed by atoms with Crippen LogP contribution in [0.3, 0.4) is 0 Å². The zero-order chi connectivity index (χ0) is 11.4. The van der Waals surface area contributed by atoms with E-state index in [1.54, 1.807) is 13.0 Å². The van der Waals surface area contributed by atoms with Gasteiger partial charge in [0.1, 0.15) is 0 Å². The van der Waals surface area contributed by atoms with E-state index in [0.717, 1.165) is 5.56 Å². The predicted molar refractivity (Wildman–Crippen MR) is 59.8 cm³/mol. The average Bonchev–Trinajstić information content (AvgIpc) is 2.54. The molecule has 0 bridgehead atoms. The Bertz CT molecular complexity index is 344. The maximum Gasteiger partial charge on any atom is 0.287 e. The van der Waals surface area contributed by atoms with E-state index in [0.29, 0.717) is 11.1 Å². The van der Waals surface area contributed by atoms with Gasteiger partial charge in [-0.2, -0.15) is 0 Å². The van der Waals surface area contributed by atoms with E-state index in [1.165, 1.54) is 0 Å². The Balaban J connectivity index is 2.72. The fraction of sp³-hybridized carbons (Fsp3) is 0.500. The van der Waals surface area contributed by atoms with Gasteiger partial charge in [0, 0.05) is 5.56 Å². The van der Waals surface area contributed by atoms with Crippen LogP contribution in [0.1, 0.15) is 29.5 Å². The molecular weight excluding hydrogens is 262 g/mol. The molecule has 84 valence electrons. The van der Waals surface area contributed by atoms with Crippen molar-refractivity contribution < 1.29 is 14.3 Å². The summed E-state index contributed by atoms with van der Waals surface area (Å²) < 4.78 is 5.72. The molecule has 5 heteroatoms. The van der Waals surface area contributed by atoms with E-state index in [2.05, 4.69) is 21.2 Å². The molecule has 4 nitrogen and oxygen atoms in total. The van der Waals surface area contributed by atoms with Crippen LogP contribution < -0.4 is 5.32 Å². The largest absolute Gasteiger partial charge is 0.444 e. The highest BCUT2D eigenvalue weighted by Gasteiger charge is 2.17. The Morgan fingerprint density at radius 2 is 2.40 bits per heavy atom. The van der Waals surface area contributed by atoms with Gasteiger partial charge in [0.05, 0.1) is 12.6 Å². The Labute approximate surface area is 96.8 Å². The van der Waals surface area contributed by atoms with Gasteiger partial charge in [-0.1, -0.05) is 6.92 Å². The van der Waals surface area contributed by atoms with Gasteiger partial charge in [0.2, 0.25) is 0 Å². The molecule has 1 rings (SSSR count). The number of nitrogens with one attached hydrogen (secondary N) is 1. The van der Waals surface area contributed by atoms with E-state index < -0.39 is 0 Å². The number of halogens is 1. The number of hydrogen-bond acceptors (Lipinski definition) is 3. The van der Waals surface area contributed by atoms with Crippen molar-refractivity contribution in [1.29, 1.82) is 0 Å². The molecule has 0 saturated carbocycles. The van der Waals surface area contributed by atoms with Gasteiger partial charge in [-0.3, -0.25) is 4.79 Å². The summed E-state index contributed by atoms with van der Waals surface area (Å²) in [5, 5.41) is 11.6. The number of aliphatic hydroxyl groups is 1. The summed E-state index contributed by atoms with van der Waals surface area (Å²) in [6, 6.07) is 1.51. The van der Waals surface area contributed by atoms with Crippen molar-refractivity contribution in [3.05, 3.63) is 22.1 Å². The fourth-order valence-corrected chi connectivity index (χ4v) is 1.70. The van der Waals surface area contributed by atoms with Crippen LogP contribution in [0.2, 0.25) is 0 Å². The lowest BCUT2D eigenvalue weighted by Crippen LogP contribution is -2.37. The first kappa shape index (κ1) is 12.3. The van der Waals surface area contributed by atoms with Gasteiger partial charge >= 0.3 is 0 Å². The van der Waals surface area contributed by atoms with Crippen molar-refractivity contribution in [2.45, 2.75) is 26.3 Å². The van der Waals surface area contributed by atoms with E-state index in [1.807, 2.05) is 6.92 Å². The molecule has 1 aromatic rings. The summed E-state index contributed by atoms with van der Waals surface area (Å²) >= 11 is 3.16. The molecule has 0 spiro atoms. The third kappa shape index (κ3) is 3.07. The summed E-state index contributed by atoms with van der Waals surface area (Å²) in [6.45, 7) is 3.62. The minimum Gasteiger partial charge on any atom is -0.444 e. The third-order valence-electron chi connectivity index (χ3n) is 2.14. The molecular formula is C10H14BrNO3. The van der Waals surface area contributed by atoms with Crippen molar-refractivity contribution >= 4 is 21.8 Å². The number of furan rings is 1. The molecule has 0 saturated heterocycles. The van der Waals surface area contributed by atoms with Crippen LogP contribution in [0.15, 0.2) is 15.2 Å².